The van der Waals surface area contributed by atoms with Crippen molar-refractivity contribution in [2.24, 2.45) is 0 Å². The summed E-state index contributed by atoms with van der Waals surface area (Å²) < 4.78 is 10.9. The van der Waals surface area contributed by atoms with Crippen LogP contribution in [-0.4, -0.2) is 25.7 Å². The molecular weight excluding hydrogens is 326 g/mol. The highest BCUT2D eigenvalue weighted by Crippen LogP contribution is 2.25. The third kappa shape index (κ3) is 5.78. The summed E-state index contributed by atoms with van der Waals surface area (Å²) in [6.07, 6.45) is 1.11. The standard InChI is InChI=1S/C19H22ClNO3/c1-14(13-24-18-6-4-3-5-17(18)23-2)21-19(22)12-9-15-7-10-16(20)11-8-15/h3-8,10-11,14H,9,12-13H2,1-2H3,(H,21,22)/t14-/m1/s1. The van der Waals surface area contributed by atoms with Crippen LogP contribution >= 0.6 is 11.6 Å². The first kappa shape index (κ1) is 18.1. The number of rotatable bonds is 8. The predicted molar refractivity (Wildman–Crippen MR) is 95.9 cm³/mol. The molecule has 0 saturated heterocycles. The van der Waals surface area contributed by atoms with E-state index in [1.807, 2.05) is 55.5 Å². The molecule has 0 aromatic heterocycles. The predicted octanol–water partition coefficient (Wildman–Crippen LogP) is 3.86. The van der Waals surface area contributed by atoms with Crippen molar-refractivity contribution >= 4 is 17.5 Å². The summed E-state index contributed by atoms with van der Waals surface area (Å²) in [6, 6.07) is 14.9. The lowest BCUT2D eigenvalue weighted by atomic mass is 10.1. The first-order chi connectivity index (χ1) is 11.6. The molecular formula is C19H22ClNO3. The van der Waals surface area contributed by atoms with Crippen LogP contribution in [0.25, 0.3) is 0 Å². The van der Waals surface area contributed by atoms with E-state index in [1.54, 1.807) is 7.11 Å². The number of halogens is 1. The lowest BCUT2D eigenvalue weighted by Gasteiger charge is -2.16. The monoisotopic (exact) mass is 347 g/mol. The Morgan fingerprint density at radius 1 is 1.12 bits per heavy atom. The van der Waals surface area contributed by atoms with Gasteiger partial charge in [0.2, 0.25) is 5.91 Å². The van der Waals surface area contributed by atoms with Crippen molar-refractivity contribution in [1.29, 1.82) is 0 Å². The van der Waals surface area contributed by atoms with Crippen molar-refractivity contribution in [1.82, 2.24) is 5.32 Å². The van der Waals surface area contributed by atoms with Crippen LogP contribution < -0.4 is 14.8 Å². The van der Waals surface area contributed by atoms with Crippen LogP contribution in [0.4, 0.5) is 0 Å². The van der Waals surface area contributed by atoms with Gasteiger partial charge in [-0.05, 0) is 43.2 Å². The summed E-state index contributed by atoms with van der Waals surface area (Å²) in [7, 11) is 1.60. The molecule has 2 aromatic rings. The molecule has 4 nitrogen and oxygen atoms in total. The number of carbonyl (C=O) groups excluding carboxylic acids is 1. The molecule has 128 valence electrons. The molecule has 2 aromatic carbocycles. The van der Waals surface area contributed by atoms with Gasteiger partial charge in [-0.2, -0.15) is 0 Å². The van der Waals surface area contributed by atoms with Gasteiger partial charge in [-0.25, -0.2) is 0 Å². The zero-order valence-electron chi connectivity index (χ0n) is 13.9. The number of hydrogen-bond acceptors (Lipinski definition) is 3. The molecule has 0 spiro atoms. The van der Waals surface area contributed by atoms with Crippen LogP contribution in [0.2, 0.25) is 5.02 Å². The molecule has 0 heterocycles. The van der Waals surface area contributed by atoms with E-state index in [0.29, 0.717) is 36.0 Å². The number of aryl methyl sites for hydroxylation is 1. The number of para-hydroxylation sites is 2. The molecule has 0 fully saturated rings. The van der Waals surface area contributed by atoms with Crippen molar-refractivity contribution in [3.8, 4) is 11.5 Å². The minimum atomic E-state index is -0.0902. The smallest absolute Gasteiger partial charge is 0.220 e. The summed E-state index contributed by atoms with van der Waals surface area (Å²) in [5.41, 5.74) is 1.09. The highest BCUT2D eigenvalue weighted by Gasteiger charge is 2.10. The molecule has 0 aliphatic heterocycles. The second-order valence-electron chi connectivity index (χ2n) is 5.56. The zero-order chi connectivity index (χ0) is 17.4. The Morgan fingerprint density at radius 3 is 2.46 bits per heavy atom. The average molecular weight is 348 g/mol. The fourth-order valence-electron chi connectivity index (χ4n) is 2.25. The number of carbonyl (C=O) groups is 1. The number of benzene rings is 2. The number of ether oxygens (including phenoxy) is 2. The minimum absolute atomic E-state index is 0.000997. The summed E-state index contributed by atoms with van der Waals surface area (Å²) >= 11 is 5.85. The van der Waals surface area contributed by atoms with Gasteiger partial charge in [0, 0.05) is 11.4 Å². The van der Waals surface area contributed by atoms with E-state index in [4.69, 9.17) is 21.1 Å². The van der Waals surface area contributed by atoms with Gasteiger partial charge in [-0.1, -0.05) is 35.9 Å². The van der Waals surface area contributed by atoms with Crippen LogP contribution in [0.5, 0.6) is 11.5 Å². The van der Waals surface area contributed by atoms with Gasteiger partial charge in [-0.3, -0.25) is 4.79 Å². The maximum absolute atomic E-state index is 12.0. The average Bonchev–Trinajstić information content (AvgIpc) is 2.59. The Labute approximate surface area is 147 Å². The Kier molecular flexibility index (Phi) is 6.94. The first-order valence-corrected chi connectivity index (χ1v) is 8.26. The highest BCUT2D eigenvalue weighted by molar-refractivity contribution is 6.30. The van der Waals surface area contributed by atoms with Gasteiger partial charge in [0.15, 0.2) is 11.5 Å². The molecule has 0 bridgehead atoms. The quantitative estimate of drug-likeness (QED) is 0.788. The van der Waals surface area contributed by atoms with Gasteiger partial charge >= 0.3 is 0 Å². The number of amides is 1. The van der Waals surface area contributed by atoms with Gasteiger partial charge in [0.1, 0.15) is 6.61 Å². The number of methoxy groups -OCH3 is 1. The van der Waals surface area contributed by atoms with Gasteiger partial charge in [0.05, 0.1) is 13.2 Å². The minimum Gasteiger partial charge on any atom is -0.493 e. The molecule has 5 heteroatoms. The van der Waals surface area contributed by atoms with Gasteiger partial charge in [0.25, 0.3) is 0 Å². The lowest BCUT2D eigenvalue weighted by Crippen LogP contribution is -2.36. The van der Waals surface area contributed by atoms with Crippen molar-refractivity contribution in [3.63, 3.8) is 0 Å². The summed E-state index contributed by atoms with van der Waals surface area (Å²) in [6.45, 7) is 2.29. The largest absolute Gasteiger partial charge is 0.493 e. The first-order valence-electron chi connectivity index (χ1n) is 7.88. The van der Waals surface area contributed by atoms with Crippen molar-refractivity contribution in [2.45, 2.75) is 25.8 Å². The number of hydrogen-bond donors (Lipinski definition) is 1. The summed E-state index contributed by atoms with van der Waals surface area (Å²) in [5.74, 6) is 1.35. The molecule has 2 rings (SSSR count). The second kappa shape index (κ2) is 9.18. The molecule has 1 amide bonds. The Bertz CT molecular complexity index is 658. The van der Waals surface area contributed by atoms with E-state index in [9.17, 15) is 4.79 Å². The molecule has 0 aliphatic carbocycles. The van der Waals surface area contributed by atoms with Crippen molar-refractivity contribution in [3.05, 3.63) is 59.1 Å². The summed E-state index contributed by atoms with van der Waals surface area (Å²) in [5, 5.41) is 3.64. The number of nitrogens with one attached hydrogen (secondary N) is 1. The van der Waals surface area contributed by atoms with Gasteiger partial charge < -0.3 is 14.8 Å². The lowest BCUT2D eigenvalue weighted by molar-refractivity contribution is -0.121. The van der Waals surface area contributed by atoms with E-state index in [2.05, 4.69) is 5.32 Å². The summed E-state index contributed by atoms with van der Waals surface area (Å²) in [4.78, 5) is 12.0. The Balaban J connectivity index is 1.74. The Hall–Kier alpha value is -2.20. The molecule has 24 heavy (non-hydrogen) atoms. The fraction of sp³-hybridized carbons (Fsp3) is 0.316. The molecule has 0 aliphatic rings. The maximum atomic E-state index is 12.0. The topological polar surface area (TPSA) is 47.6 Å². The van der Waals surface area contributed by atoms with Crippen LogP contribution in [0.1, 0.15) is 18.9 Å². The molecule has 0 radical (unpaired) electrons. The molecule has 0 saturated carbocycles. The van der Waals surface area contributed by atoms with Gasteiger partial charge in [-0.15, -0.1) is 0 Å². The molecule has 1 N–H and O–H groups in total. The van der Waals surface area contributed by atoms with E-state index < -0.39 is 0 Å². The van der Waals surface area contributed by atoms with Crippen LogP contribution in [-0.2, 0) is 11.2 Å². The normalized spacial score (nSPS) is 11.6. The van der Waals surface area contributed by atoms with Crippen LogP contribution in [0, 0.1) is 0 Å². The zero-order valence-corrected chi connectivity index (χ0v) is 14.7. The highest BCUT2D eigenvalue weighted by atomic mass is 35.5. The van der Waals surface area contributed by atoms with E-state index in [1.165, 1.54) is 0 Å². The maximum Gasteiger partial charge on any atom is 0.220 e. The fourth-order valence-corrected chi connectivity index (χ4v) is 2.38. The van der Waals surface area contributed by atoms with E-state index >= 15 is 0 Å². The van der Waals surface area contributed by atoms with Crippen molar-refractivity contribution < 1.29 is 14.3 Å². The van der Waals surface area contributed by atoms with E-state index in [0.717, 1.165) is 5.56 Å². The second-order valence-corrected chi connectivity index (χ2v) is 5.99. The van der Waals surface area contributed by atoms with Crippen molar-refractivity contribution in [2.75, 3.05) is 13.7 Å². The Morgan fingerprint density at radius 2 is 1.79 bits per heavy atom. The molecule has 1 atom stereocenters. The third-order valence-corrected chi connectivity index (χ3v) is 3.77. The third-order valence-electron chi connectivity index (χ3n) is 3.52. The SMILES string of the molecule is COc1ccccc1OC[C@@H](C)NC(=O)CCc1ccc(Cl)cc1. The van der Waals surface area contributed by atoms with Crippen LogP contribution in [0.15, 0.2) is 48.5 Å². The van der Waals surface area contributed by atoms with E-state index in [-0.39, 0.29) is 11.9 Å². The molecule has 0 unspecified atom stereocenters. The van der Waals surface area contributed by atoms with Crippen LogP contribution in [0.3, 0.4) is 0 Å².